The SMILES string of the molecule is C1=CCCCC1.C1=NCCC1.C1=NCCCC1.C1CCCC1.C1CCCC1.C1CCCCC1.C1CCCCCC1.CC.CC.CC.CC.CC.CC.CC.CC.CC.CC.CC.CC.CC.[CH2-]CCC[CH2-].[CH2-]CC[CH2-].[CH2-]C[CH2-].[W+2].[Y].[Y].c1ccc2c(c1)CCC2.c1ccc2c(c1)CCCC2.c1ccc2c(c1)CCCC2. The van der Waals surface area contributed by atoms with E-state index in [1.807, 2.05) is 192 Å². The van der Waals surface area contributed by atoms with Gasteiger partial charge in [-0.3, -0.25) is 9.98 Å². The van der Waals surface area contributed by atoms with E-state index in [4.69, 9.17) is 0 Å². The molecule has 654 valence electrons. The van der Waals surface area contributed by atoms with Gasteiger partial charge in [0.2, 0.25) is 0 Å². The van der Waals surface area contributed by atoms with Gasteiger partial charge >= 0.3 is 21.1 Å². The Morgan fingerprint density at radius 2 is 0.391 bits per heavy atom. The summed E-state index contributed by atoms with van der Waals surface area (Å²) in [6, 6.07) is 26.3. The topological polar surface area (TPSA) is 24.7 Å². The van der Waals surface area contributed by atoms with E-state index in [1.54, 1.807) is 33.4 Å². The zero-order valence-electron chi connectivity index (χ0n) is 81.0. The summed E-state index contributed by atoms with van der Waals surface area (Å²) in [5.41, 5.74) is 9.44. The molecule has 0 N–H and O–H groups in total. The number of aliphatic imine (C=N–C) groups is 2. The monoisotopic (exact) mass is 1860 g/mol. The summed E-state index contributed by atoms with van der Waals surface area (Å²) < 4.78 is 0. The second-order valence-electron chi connectivity index (χ2n) is 23.4. The maximum Gasteiger partial charge on any atom is 2.00 e. The zero-order chi connectivity index (χ0) is 84.3. The Kier molecular flexibility index (Phi) is 225. The number of nitrogens with zero attached hydrogens (tertiary/aromatic N) is 2. The van der Waals surface area contributed by atoms with Crippen molar-refractivity contribution in [1.29, 1.82) is 0 Å². The first kappa shape index (κ1) is 148. The molecule has 0 unspecified atom stereocenters. The number of aryl methyl sites for hydroxylation is 6. The van der Waals surface area contributed by atoms with E-state index in [0.29, 0.717) is 0 Å². The Morgan fingerprint density at radius 1 is 0.218 bits per heavy atom. The number of fused-ring (bicyclic) bond motifs is 3. The molecule has 110 heavy (non-hydrogen) atoms. The van der Waals surface area contributed by atoms with Crippen molar-refractivity contribution in [2.24, 2.45) is 9.98 Å². The van der Waals surface area contributed by atoms with Gasteiger partial charge in [-0.05, 0) is 174 Å². The van der Waals surface area contributed by atoms with Gasteiger partial charge < -0.3 is 48.0 Å². The van der Waals surface area contributed by atoms with Gasteiger partial charge in [0.15, 0.2) is 0 Å². The molecule has 4 saturated carbocycles. The minimum atomic E-state index is 0. The van der Waals surface area contributed by atoms with Gasteiger partial charge in [0.05, 0.1) is 0 Å². The van der Waals surface area contributed by atoms with E-state index in [-0.39, 0.29) is 86.5 Å². The first-order valence-electron chi connectivity index (χ1n) is 47.7. The minimum Gasteiger partial charge on any atom is -0.372 e. The molecule has 5 heteroatoms. The van der Waals surface area contributed by atoms with Crippen molar-refractivity contribution in [2.75, 3.05) is 13.1 Å². The van der Waals surface area contributed by atoms with Crippen LogP contribution in [-0.4, -0.2) is 25.5 Å². The molecule has 3 aromatic rings. The van der Waals surface area contributed by atoms with Crippen LogP contribution in [0, 0.1) is 41.5 Å². The number of rotatable bonds is 3. The van der Waals surface area contributed by atoms with Crippen molar-refractivity contribution in [3.63, 3.8) is 0 Å². The quantitative estimate of drug-likeness (QED) is 0.142. The molecule has 4 fully saturated rings. The van der Waals surface area contributed by atoms with Crippen LogP contribution in [-0.2, 0) is 125 Å². The Labute approximate surface area is 769 Å². The smallest absolute Gasteiger partial charge is 0.372 e. The Bertz CT molecular complexity index is 1590. The standard InChI is InChI=1S/2C10H12.C9H10.C7H14.C6H12.C6H10.C5H9N.3C5H10.C4H7N.C4H8.C3H6.13C2H6.W.2Y/c2*1-2-6-10-8-4-3-7-9(10)5-1;1-2-5-9-7-3-6-8(9)4-1;1-2-4-6-7-5-3-1;3*1-2-4-6-5-3-1;2*1-2-4-5-3-1;1-3-5-4-2;1-2-4-5-3-1;1-3-4-2;1-3-2;13*1-2;;;/h2*1-2,5-6H,3-4,7-8H2;1-2,4-5H,3,6-7H2;1-7H2;1-6H2;1-2H,3-6H2;4H,1-3,5H2;3*1-5H2;3H,1-2,4H2;1-4H2;1-3H2;13*1-2H3;;;/q;;;;;;;;;-2;;2*-2;;;;;;;;;;;;;;+2;;. The van der Waals surface area contributed by atoms with E-state index in [0.717, 1.165) is 45.2 Å². The van der Waals surface area contributed by atoms with E-state index < -0.39 is 0 Å². The summed E-state index contributed by atoms with van der Waals surface area (Å²) in [6.07, 6.45) is 75.5. The molecule has 8 aliphatic carbocycles. The minimum absolute atomic E-state index is 0. The number of unbranched alkanes of at least 4 members (excludes halogenated alkanes) is 3. The summed E-state index contributed by atoms with van der Waals surface area (Å²) in [5.74, 6) is 0. The molecule has 0 aromatic heterocycles. The van der Waals surface area contributed by atoms with Crippen molar-refractivity contribution >= 4 is 12.4 Å². The van der Waals surface area contributed by atoms with Gasteiger partial charge in [-0.2, -0.15) is 12.8 Å². The predicted octanol–water partition coefficient (Wildman–Crippen LogP) is 38.1. The summed E-state index contributed by atoms with van der Waals surface area (Å²) in [5, 5.41) is 0. The van der Waals surface area contributed by atoms with Crippen LogP contribution in [0.15, 0.2) is 94.9 Å². The van der Waals surface area contributed by atoms with Crippen LogP contribution in [0.3, 0.4) is 0 Å². The summed E-state index contributed by atoms with van der Waals surface area (Å²) in [6.45, 7) is 75.2. The molecule has 10 aliphatic rings. The average Bonchev–Trinajstić information content (AvgIpc) is 1.54. The van der Waals surface area contributed by atoms with E-state index >= 15 is 0 Å². The van der Waals surface area contributed by atoms with Gasteiger partial charge in [-0.15, -0.1) is 6.42 Å². The molecule has 0 atom stereocenters. The molecular formula is C105H208N2WY2-4. The molecular weight excluding hydrogens is 1650 g/mol. The maximum absolute atomic E-state index is 4.05. The largest absolute Gasteiger partial charge is 2.00 e. The van der Waals surface area contributed by atoms with Gasteiger partial charge in [-0.25, -0.2) is 12.8 Å². The first-order chi connectivity index (χ1) is 53.1. The van der Waals surface area contributed by atoms with Crippen LogP contribution < -0.4 is 0 Å². The Morgan fingerprint density at radius 3 is 0.491 bits per heavy atom. The van der Waals surface area contributed by atoms with E-state index in [9.17, 15) is 0 Å². The van der Waals surface area contributed by atoms with Crippen molar-refractivity contribution in [1.82, 2.24) is 0 Å². The Balaban J connectivity index is -0.0000000610. The third-order valence-electron chi connectivity index (χ3n) is 15.9. The van der Waals surface area contributed by atoms with Crippen molar-refractivity contribution in [2.45, 2.75) is 495 Å². The van der Waals surface area contributed by atoms with Crippen LogP contribution in [0.1, 0.15) is 489 Å². The molecule has 2 aliphatic heterocycles. The van der Waals surface area contributed by atoms with Crippen molar-refractivity contribution < 1.29 is 86.5 Å². The molecule has 0 bridgehead atoms. The third-order valence-corrected chi connectivity index (χ3v) is 15.9. The molecule has 2 radical (unpaired) electrons. The van der Waals surface area contributed by atoms with Gasteiger partial charge in [0.25, 0.3) is 0 Å². The first-order valence-corrected chi connectivity index (χ1v) is 47.7. The average molecular weight is 1860 g/mol. The van der Waals surface area contributed by atoms with Crippen molar-refractivity contribution in [3.05, 3.63) is 160 Å². The summed E-state index contributed by atoms with van der Waals surface area (Å²) in [4.78, 5) is 8.01. The normalized spacial score (nSPS) is 14.1. The summed E-state index contributed by atoms with van der Waals surface area (Å²) >= 11 is 0. The fourth-order valence-corrected chi connectivity index (χ4v) is 10.9. The second kappa shape index (κ2) is 168. The number of benzene rings is 3. The maximum atomic E-state index is 4.05. The third kappa shape index (κ3) is 134. The zero-order valence-corrected chi connectivity index (χ0v) is 89.6. The molecule has 3 aromatic carbocycles. The predicted molar refractivity (Wildman–Crippen MR) is 516 cm³/mol. The number of hydrogen-bond donors (Lipinski definition) is 0. The van der Waals surface area contributed by atoms with Crippen LogP contribution in [0.5, 0.6) is 0 Å². The molecule has 2 heterocycles. The number of allylic oxidation sites excluding steroid dienone is 2. The molecule has 0 saturated heterocycles. The van der Waals surface area contributed by atoms with Gasteiger partial charge in [0.1, 0.15) is 0 Å². The number of hydrogen-bond acceptors (Lipinski definition) is 2. The fraction of sp³-hybridized carbons (Fsp3) is 0.733. The van der Waals surface area contributed by atoms with E-state index in [2.05, 4.69) is 136 Å². The molecule has 0 spiro atoms. The van der Waals surface area contributed by atoms with Crippen molar-refractivity contribution in [3.8, 4) is 0 Å². The van der Waals surface area contributed by atoms with Crippen LogP contribution in [0.4, 0.5) is 0 Å². The molecule has 2 nitrogen and oxygen atoms in total. The van der Waals surface area contributed by atoms with Gasteiger partial charge in [-0.1, -0.05) is 413 Å². The second-order valence-corrected chi connectivity index (χ2v) is 23.4. The van der Waals surface area contributed by atoms with Crippen LogP contribution in [0.25, 0.3) is 0 Å². The van der Waals surface area contributed by atoms with Crippen LogP contribution >= 0.6 is 0 Å². The van der Waals surface area contributed by atoms with E-state index in [1.165, 1.54) is 283 Å². The molecule has 13 rings (SSSR count). The fourth-order valence-electron chi connectivity index (χ4n) is 10.9. The van der Waals surface area contributed by atoms with Gasteiger partial charge in [0, 0.05) is 78.5 Å². The summed E-state index contributed by atoms with van der Waals surface area (Å²) in [7, 11) is 0. The Hall–Kier alpha value is -0.364. The van der Waals surface area contributed by atoms with Crippen LogP contribution in [0.2, 0.25) is 0 Å². The molecule has 0 amide bonds.